The highest BCUT2D eigenvalue weighted by Gasteiger charge is 2.23. The van der Waals surface area contributed by atoms with Gasteiger partial charge in [-0.15, -0.1) is 0 Å². The third-order valence-electron chi connectivity index (χ3n) is 3.05. The van der Waals surface area contributed by atoms with E-state index in [1.54, 1.807) is 20.4 Å². The van der Waals surface area contributed by atoms with Gasteiger partial charge in [0.2, 0.25) is 0 Å². The van der Waals surface area contributed by atoms with Gasteiger partial charge in [-0.25, -0.2) is 5.43 Å². The van der Waals surface area contributed by atoms with Crippen LogP contribution in [0.15, 0.2) is 39.4 Å². The molecule has 0 aliphatic heterocycles. The number of hydrazine groups is 1. The summed E-state index contributed by atoms with van der Waals surface area (Å²) >= 11 is 6.98. The fourth-order valence-corrected chi connectivity index (χ4v) is 3.24. The van der Waals surface area contributed by atoms with Gasteiger partial charge >= 0.3 is 0 Å². The Morgan fingerprint density at radius 2 is 1.95 bits per heavy atom. The zero-order valence-electron chi connectivity index (χ0n) is 11.6. The van der Waals surface area contributed by atoms with Crippen molar-refractivity contribution >= 4 is 31.9 Å². The molecule has 1 aromatic heterocycles. The van der Waals surface area contributed by atoms with Crippen LogP contribution in [0.3, 0.4) is 0 Å². The lowest BCUT2D eigenvalue weighted by Gasteiger charge is -2.21. The highest BCUT2D eigenvalue weighted by Crippen LogP contribution is 2.41. The first-order valence-electron chi connectivity index (χ1n) is 6.11. The van der Waals surface area contributed by atoms with E-state index in [4.69, 9.17) is 15.3 Å². The zero-order chi connectivity index (χ0) is 15.4. The molecule has 0 aliphatic carbocycles. The molecule has 0 amide bonds. The molecule has 2 rings (SSSR count). The maximum Gasteiger partial charge on any atom is 0.142 e. The smallest absolute Gasteiger partial charge is 0.142 e. The number of pyridine rings is 1. The van der Waals surface area contributed by atoms with E-state index in [1.165, 1.54) is 0 Å². The van der Waals surface area contributed by atoms with Gasteiger partial charge in [0, 0.05) is 16.2 Å². The molecule has 21 heavy (non-hydrogen) atoms. The Morgan fingerprint density at radius 1 is 1.19 bits per heavy atom. The van der Waals surface area contributed by atoms with Gasteiger partial charge in [-0.1, -0.05) is 0 Å². The SMILES string of the molecule is COc1ccc(C(NN)c2ncccc2Br)c(OC)c1Br. The van der Waals surface area contributed by atoms with Crippen molar-refractivity contribution in [2.24, 2.45) is 5.84 Å². The molecule has 0 radical (unpaired) electrons. The van der Waals surface area contributed by atoms with E-state index < -0.39 is 0 Å². The van der Waals surface area contributed by atoms with Gasteiger partial charge in [0.1, 0.15) is 16.0 Å². The van der Waals surface area contributed by atoms with Crippen molar-refractivity contribution < 1.29 is 9.47 Å². The maximum absolute atomic E-state index is 5.74. The highest BCUT2D eigenvalue weighted by atomic mass is 79.9. The number of methoxy groups -OCH3 is 2. The van der Waals surface area contributed by atoms with Gasteiger partial charge in [-0.3, -0.25) is 10.8 Å². The lowest BCUT2D eigenvalue weighted by molar-refractivity contribution is 0.382. The third kappa shape index (κ3) is 3.21. The molecule has 7 heteroatoms. The van der Waals surface area contributed by atoms with Crippen LogP contribution in [0.4, 0.5) is 0 Å². The standard InChI is InChI=1S/C14H15Br2N3O2/c1-20-10-6-5-8(14(21-2)11(10)16)12(19-17)13-9(15)4-3-7-18-13/h3-7,12,19H,17H2,1-2H3. The van der Waals surface area contributed by atoms with E-state index in [0.29, 0.717) is 11.5 Å². The molecule has 0 aliphatic rings. The first-order chi connectivity index (χ1) is 10.1. The third-order valence-corrected chi connectivity index (χ3v) is 4.48. The van der Waals surface area contributed by atoms with Gasteiger partial charge in [-0.2, -0.15) is 0 Å². The number of benzene rings is 1. The Balaban J connectivity index is 2.58. The maximum atomic E-state index is 5.74. The van der Waals surface area contributed by atoms with Gasteiger partial charge in [0.05, 0.1) is 26.0 Å². The first kappa shape index (κ1) is 16.2. The number of nitrogens with two attached hydrogens (primary N) is 1. The van der Waals surface area contributed by atoms with Gasteiger partial charge in [0.25, 0.3) is 0 Å². The molecule has 0 saturated carbocycles. The van der Waals surface area contributed by atoms with E-state index in [1.807, 2.05) is 24.3 Å². The van der Waals surface area contributed by atoms with Crippen LogP contribution in [-0.2, 0) is 0 Å². The van der Waals surface area contributed by atoms with Crippen LogP contribution in [0.1, 0.15) is 17.3 Å². The second-order valence-corrected chi connectivity index (χ2v) is 5.82. The number of halogens is 2. The molecule has 5 nitrogen and oxygen atoms in total. The molecule has 2 aromatic rings. The van der Waals surface area contributed by atoms with E-state index in [-0.39, 0.29) is 6.04 Å². The Hall–Kier alpha value is -1.15. The number of nitrogens with one attached hydrogen (secondary N) is 1. The normalized spacial score (nSPS) is 12.0. The molecule has 1 unspecified atom stereocenters. The highest BCUT2D eigenvalue weighted by molar-refractivity contribution is 9.11. The number of aromatic nitrogens is 1. The second kappa shape index (κ2) is 7.22. The molecule has 1 atom stereocenters. The van der Waals surface area contributed by atoms with Crippen LogP contribution in [0.2, 0.25) is 0 Å². The summed E-state index contributed by atoms with van der Waals surface area (Å²) in [5.74, 6) is 7.07. The van der Waals surface area contributed by atoms with Crippen LogP contribution in [-0.4, -0.2) is 19.2 Å². The topological polar surface area (TPSA) is 69.4 Å². The van der Waals surface area contributed by atoms with Gasteiger partial charge < -0.3 is 9.47 Å². The largest absolute Gasteiger partial charge is 0.495 e. The van der Waals surface area contributed by atoms with Crippen molar-refractivity contribution in [1.82, 2.24) is 10.4 Å². The second-order valence-electron chi connectivity index (χ2n) is 4.17. The van der Waals surface area contributed by atoms with Crippen LogP contribution in [0, 0.1) is 0 Å². The van der Waals surface area contributed by atoms with E-state index in [9.17, 15) is 0 Å². The van der Waals surface area contributed by atoms with Crippen LogP contribution < -0.4 is 20.7 Å². The molecule has 0 fully saturated rings. The molecule has 1 aromatic carbocycles. The average Bonchev–Trinajstić information content (AvgIpc) is 2.50. The number of hydrogen-bond donors (Lipinski definition) is 2. The summed E-state index contributed by atoms with van der Waals surface area (Å²) in [7, 11) is 3.21. The molecule has 1 heterocycles. The van der Waals surface area contributed by atoms with Crippen molar-refractivity contribution in [3.8, 4) is 11.5 Å². The lowest BCUT2D eigenvalue weighted by Crippen LogP contribution is -2.30. The zero-order valence-corrected chi connectivity index (χ0v) is 14.7. The van der Waals surface area contributed by atoms with Crippen LogP contribution in [0.5, 0.6) is 11.5 Å². The Morgan fingerprint density at radius 3 is 2.52 bits per heavy atom. The Labute approximate surface area is 140 Å². The summed E-state index contributed by atoms with van der Waals surface area (Å²) < 4.78 is 12.4. The average molecular weight is 417 g/mol. The number of hydrogen-bond acceptors (Lipinski definition) is 5. The van der Waals surface area contributed by atoms with Crippen molar-refractivity contribution in [3.05, 3.63) is 50.7 Å². The summed E-state index contributed by atoms with van der Waals surface area (Å²) in [6, 6.07) is 7.19. The molecule has 3 N–H and O–H groups in total. The molecular formula is C14H15Br2N3O2. The van der Waals surface area contributed by atoms with Gasteiger partial charge in [0.15, 0.2) is 0 Å². The van der Waals surface area contributed by atoms with E-state index >= 15 is 0 Å². The molecule has 0 spiro atoms. The minimum atomic E-state index is -0.322. The van der Waals surface area contributed by atoms with Crippen molar-refractivity contribution in [2.45, 2.75) is 6.04 Å². The summed E-state index contributed by atoms with van der Waals surface area (Å²) in [4.78, 5) is 4.38. The fourth-order valence-electron chi connectivity index (χ4n) is 2.07. The molecular weight excluding hydrogens is 402 g/mol. The Bertz CT molecular complexity index is 638. The summed E-state index contributed by atoms with van der Waals surface area (Å²) in [6.45, 7) is 0. The van der Waals surface area contributed by atoms with Gasteiger partial charge in [-0.05, 0) is 56.1 Å². The Kier molecular flexibility index (Phi) is 5.58. The van der Waals surface area contributed by atoms with E-state index in [0.717, 1.165) is 20.2 Å². The lowest BCUT2D eigenvalue weighted by atomic mass is 10.0. The minimum Gasteiger partial charge on any atom is -0.495 e. The fraction of sp³-hybridized carbons (Fsp3) is 0.214. The van der Waals surface area contributed by atoms with Crippen molar-refractivity contribution in [1.29, 1.82) is 0 Å². The molecule has 0 saturated heterocycles. The number of rotatable bonds is 5. The summed E-state index contributed by atoms with van der Waals surface area (Å²) in [5.41, 5.74) is 4.41. The van der Waals surface area contributed by atoms with E-state index in [2.05, 4.69) is 42.3 Å². The monoisotopic (exact) mass is 415 g/mol. The summed E-state index contributed by atoms with van der Waals surface area (Å²) in [6.07, 6.45) is 1.72. The first-order valence-corrected chi connectivity index (χ1v) is 7.69. The van der Waals surface area contributed by atoms with Crippen LogP contribution >= 0.6 is 31.9 Å². The predicted octanol–water partition coefficient (Wildman–Crippen LogP) is 3.18. The number of nitrogens with zero attached hydrogens (tertiary/aromatic N) is 1. The summed E-state index contributed by atoms with van der Waals surface area (Å²) in [5, 5.41) is 0. The van der Waals surface area contributed by atoms with Crippen LogP contribution in [0.25, 0.3) is 0 Å². The predicted molar refractivity (Wildman–Crippen MR) is 88.3 cm³/mol. The quantitative estimate of drug-likeness (QED) is 0.578. The molecule has 112 valence electrons. The van der Waals surface area contributed by atoms with Crippen molar-refractivity contribution in [3.63, 3.8) is 0 Å². The molecule has 0 bridgehead atoms. The van der Waals surface area contributed by atoms with Crippen molar-refractivity contribution in [2.75, 3.05) is 14.2 Å². The minimum absolute atomic E-state index is 0.322. The number of ether oxygens (including phenoxy) is 2.